The van der Waals surface area contributed by atoms with E-state index < -0.39 is 49.4 Å². The summed E-state index contributed by atoms with van der Waals surface area (Å²) in [6.45, 7) is -2.54. The van der Waals surface area contributed by atoms with Gasteiger partial charge in [0, 0.05) is 6.92 Å². The molecule has 0 atom stereocenters. The van der Waals surface area contributed by atoms with Gasteiger partial charge in [0.25, 0.3) is 0 Å². The first-order valence-electron chi connectivity index (χ1n) is 7.92. The number of carbonyl (C=O) groups excluding carboxylic acids is 3. The number of esters is 3. The Bertz CT molecular complexity index is 458. The number of hydrogen-bond donors (Lipinski definition) is 0. The van der Waals surface area contributed by atoms with Crippen LogP contribution in [-0.2, 0) is 28.6 Å². The zero-order valence-corrected chi connectivity index (χ0v) is 14.5. The minimum atomic E-state index is -4.84. The summed E-state index contributed by atoms with van der Waals surface area (Å²) in [5, 5.41) is 0. The van der Waals surface area contributed by atoms with Gasteiger partial charge in [0.1, 0.15) is 0 Å². The maximum Gasteiger partial charge on any atom is 0.422 e. The quantitative estimate of drug-likeness (QED) is 0.171. The monoisotopic (exact) mass is 410 g/mol. The molecule has 0 bridgehead atoms. The molecule has 0 saturated carbocycles. The largest absolute Gasteiger partial charge is 0.466 e. The van der Waals surface area contributed by atoms with Gasteiger partial charge in [-0.1, -0.05) is 19.3 Å². The van der Waals surface area contributed by atoms with Crippen molar-refractivity contribution in [3.05, 3.63) is 0 Å². The normalized spacial score (nSPS) is 12.0. The molecule has 0 fully saturated rings. The van der Waals surface area contributed by atoms with E-state index in [1.807, 2.05) is 0 Å². The molecule has 0 N–H and O–H groups in total. The van der Waals surface area contributed by atoms with E-state index in [4.69, 9.17) is 0 Å². The van der Waals surface area contributed by atoms with Gasteiger partial charge in [-0.3, -0.25) is 14.4 Å². The molecule has 27 heavy (non-hydrogen) atoms. The third kappa shape index (κ3) is 14.8. The van der Waals surface area contributed by atoms with Crippen LogP contribution in [0.4, 0.5) is 26.3 Å². The molecule has 6 nitrogen and oxygen atoms in total. The first kappa shape index (κ1) is 25.0. The molecule has 0 aliphatic heterocycles. The lowest BCUT2D eigenvalue weighted by Crippen LogP contribution is -2.33. The van der Waals surface area contributed by atoms with Gasteiger partial charge in [-0.05, 0) is 12.8 Å². The molecule has 0 aromatic heterocycles. The van der Waals surface area contributed by atoms with E-state index in [0.29, 0.717) is 19.3 Å². The Morgan fingerprint density at radius 3 is 1.59 bits per heavy atom. The van der Waals surface area contributed by atoms with Crippen LogP contribution in [0.3, 0.4) is 0 Å². The first-order valence-corrected chi connectivity index (χ1v) is 7.92. The molecule has 0 aliphatic carbocycles. The predicted molar refractivity (Wildman–Crippen MR) is 77.2 cm³/mol. The molecule has 158 valence electrons. The van der Waals surface area contributed by atoms with Crippen LogP contribution in [0.15, 0.2) is 0 Å². The van der Waals surface area contributed by atoms with Gasteiger partial charge in [-0.2, -0.15) is 26.3 Å². The molecule has 0 amide bonds. The van der Waals surface area contributed by atoms with Crippen molar-refractivity contribution in [1.82, 2.24) is 0 Å². The fourth-order valence-corrected chi connectivity index (χ4v) is 1.86. The molecule has 0 spiro atoms. The minimum absolute atomic E-state index is 0.146. The summed E-state index contributed by atoms with van der Waals surface area (Å²) < 4.78 is 85.1. The van der Waals surface area contributed by atoms with Crippen molar-refractivity contribution in [3.8, 4) is 0 Å². The molecular formula is C15H20F6O6. The van der Waals surface area contributed by atoms with E-state index in [0.717, 1.165) is 0 Å². The third-order valence-electron chi connectivity index (χ3n) is 3.02. The van der Waals surface area contributed by atoms with Crippen molar-refractivity contribution in [1.29, 1.82) is 0 Å². The SMILES string of the molecule is CC(=O)OCCCCCCC(C(=O)OCC(F)(F)F)C(=O)OCC(F)(F)F. The number of ether oxygens (including phenoxy) is 3. The topological polar surface area (TPSA) is 78.9 Å². The molecule has 12 heteroatoms. The Morgan fingerprint density at radius 2 is 1.19 bits per heavy atom. The van der Waals surface area contributed by atoms with Crippen molar-refractivity contribution in [2.45, 2.75) is 51.4 Å². The standard InChI is InChI=1S/C15H20F6O6/c1-10(22)25-7-5-3-2-4-6-11(12(23)26-8-14(16,17)18)13(24)27-9-15(19,20)21/h11H,2-9H2,1H3. The zero-order valence-electron chi connectivity index (χ0n) is 14.5. The lowest BCUT2D eigenvalue weighted by molar-refractivity contribution is -0.199. The van der Waals surface area contributed by atoms with E-state index in [2.05, 4.69) is 14.2 Å². The Morgan fingerprint density at radius 1 is 0.741 bits per heavy atom. The molecule has 0 radical (unpaired) electrons. The van der Waals surface area contributed by atoms with Crippen LogP contribution in [0.1, 0.15) is 39.0 Å². The maximum atomic E-state index is 12.1. The van der Waals surface area contributed by atoms with Gasteiger partial charge in [-0.25, -0.2) is 0 Å². The van der Waals surface area contributed by atoms with Gasteiger partial charge in [0.2, 0.25) is 0 Å². The summed E-state index contributed by atoms with van der Waals surface area (Å²) in [6.07, 6.45) is -8.49. The van der Waals surface area contributed by atoms with E-state index in [1.54, 1.807) is 0 Å². The molecule has 0 saturated heterocycles. The van der Waals surface area contributed by atoms with Crippen LogP contribution < -0.4 is 0 Å². The van der Waals surface area contributed by atoms with E-state index in [9.17, 15) is 40.7 Å². The average molecular weight is 410 g/mol. The summed E-state index contributed by atoms with van der Waals surface area (Å²) in [7, 11) is 0. The summed E-state index contributed by atoms with van der Waals surface area (Å²) in [6, 6.07) is 0. The number of rotatable bonds is 11. The van der Waals surface area contributed by atoms with Crippen molar-refractivity contribution >= 4 is 17.9 Å². The van der Waals surface area contributed by atoms with Crippen molar-refractivity contribution in [2.24, 2.45) is 5.92 Å². The molecule has 0 aromatic rings. The minimum Gasteiger partial charge on any atom is -0.466 e. The van der Waals surface area contributed by atoms with Crippen LogP contribution >= 0.6 is 0 Å². The lowest BCUT2D eigenvalue weighted by atomic mass is 10.0. The highest BCUT2D eigenvalue weighted by Crippen LogP contribution is 2.21. The van der Waals surface area contributed by atoms with Crippen LogP contribution in [-0.4, -0.2) is 50.1 Å². The highest BCUT2D eigenvalue weighted by Gasteiger charge is 2.37. The first-order chi connectivity index (χ1) is 12.3. The summed E-state index contributed by atoms with van der Waals surface area (Å²) in [5.41, 5.74) is 0. The van der Waals surface area contributed by atoms with E-state index >= 15 is 0 Å². The molecule has 0 aromatic carbocycles. The number of halogens is 6. The zero-order chi connectivity index (χ0) is 21.1. The second-order valence-electron chi connectivity index (χ2n) is 5.54. The smallest absolute Gasteiger partial charge is 0.422 e. The van der Waals surface area contributed by atoms with Gasteiger partial charge in [0.15, 0.2) is 19.1 Å². The lowest BCUT2D eigenvalue weighted by Gasteiger charge is -2.16. The molecule has 0 aliphatic rings. The second kappa shape index (κ2) is 11.7. The maximum absolute atomic E-state index is 12.1. The van der Waals surface area contributed by atoms with Crippen LogP contribution in [0.5, 0.6) is 0 Å². The van der Waals surface area contributed by atoms with Gasteiger partial charge < -0.3 is 14.2 Å². The second-order valence-corrected chi connectivity index (χ2v) is 5.54. The highest BCUT2D eigenvalue weighted by atomic mass is 19.4. The Labute approximate surface area is 151 Å². The Balaban J connectivity index is 4.52. The number of alkyl halides is 6. The van der Waals surface area contributed by atoms with Gasteiger partial charge in [-0.15, -0.1) is 0 Å². The van der Waals surface area contributed by atoms with Crippen molar-refractivity contribution in [3.63, 3.8) is 0 Å². The highest BCUT2D eigenvalue weighted by molar-refractivity contribution is 5.94. The van der Waals surface area contributed by atoms with Crippen LogP contribution in [0.25, 0.3) is 0 Å². The van der Waals surface area contributed by atoms with Crippen LogP contribution in [0, 0.1) is 5.92 Å². The number of carbonyl (C=O) groups is 3. The third-order valence-corrected chi connectivity index (χ3v) is 3.02. The van der Waals surface area contributed by atoms with E-state index in [1.165, 1.54) is 6.92 Å². The van der Waals surface area contributed by atoms with Gasteiger partial charge >= 0.3 is 30.3 Å². The van der Waals surface area contributed by atoms with Crippen molar-refractivity contribution in [2.75, 3.05) is 19.8 Å². The fraction of sp³-hybridized carbons (Fsp3) is 0.800. The molecular weight excluding hydrogens is 390 g/mol. The van der Waals surface area contributed by atoms with Crippen molar-refractivity contribution < 1.29 is 54.9 Å². The Hall–Kier alpha value is -2.01. The molecule has 0 rings (SSSR count). The summed E-state index contributed by atoms with van der Waals surface area (Å²) in [4.78, 5) is 33.8. The predicted octanol–water partition coefficient (Wildman–Crippen LogP) is 3.33. The van der Waals surface area contributed by atoms with E-state index in [-0.39, 0.29) is 19.4 Å². The summed E-state index contributed by atoms with van der Waals surface area (Å²) in [5.74, 6) is -5.54. The number of hydrogen-bond acceptors (Lipinski definition) is 6. The molecule has 0 heterocycles. The fourth-order valence-electron chi connectivity index (χ4n) is 1.86. The van der Waals surface area contributed by atoms with Crippen LogP contribution in [0.2, 0.25) is 0 Å². The van der Waals surface area contributed by atoms with Gasteiger partial charge in [0.05, 0.1) is 6.61 Å². The summed E-state index contributed by atoms with van der Waals surface area (Å²) >= 11 is 0. The number of unbranched alkanes of at least 4 members (excludes halogenated alkanes) is 3. The average Bonchev–Trinajstić information content (AvgIpc) is 2.51. The molecule has 0 unspecified atom stereocenters. The Kier molecular flexibility index (Phi) is 10.8.